The zero-order valence-electron chi connectivity index (χ0n) is 6.87. The van der Waals surface area contributed by atoms with Crippen LogP contribution in [0.25, 0.3) is 11.1 Å². The van der Waals surface area contributed by atoms with Gasteiger partial charge in [0.05, 0.1) is 0 Å². The summed E-state index contributed by atoms with van der Waals surface area (Å²) >= 11 is 0. The Morgan fingerprint density at radius 1 is 1.50 bits per heavy atom. The van der Waals surface area contributed by atoms with Crippen LogP contribution in [0.1, 0.15) is 5.56 Å². The molecule has 1 aromatic carbocycles. The van der Waals surface area contributed by atoms with Crippen LogP contribution in [0, 0.1) is 0 Å². The zero-order chi connectivity index (χ0) is 8.39. The molecule has 62 valence electrons. The summed E-state index contributed by atoms with van der Waals surface area (Å²) < 4.78 is 5.12. The van der Waals surface area contributed by atoms with Crippen molar-refractivity contribution in [2.24, 2.45) is 0 Å². The normalized spacial score (nSPS) is 10.8. The highest BCUT2D eigenvalue weighted by atomic mass is 16.3. The molecule has 0 amide bonds. The fraction of sp³-hybridized carbons (Fsp3) is 0.222. The number of aromatic nitrogens is 1. The molecule has 3 heteroatoms. The van der Waals surface area contributed by atoms with Crippen LogP contribution < -0.4 is 5.32 Å². The van der Waals surface area contributed by atoms with E-state index in [1.807, 2.05) is 25.2 Å². The summed E-state index contributed by atoms with van der Waals surface area (Å²) in [7, 11) is 1.92. The lowest BCUT2D eigenvalue weighted by atomic mass is 10.2. The van der Waals surface area contributed by atoms with Crippen molar-refractivity contribution in [3.63, 3.8) is 0 Å². The van der Waals surface area contributed by atoms with E-state index in [2.05, 4.69) is 10.3 Å². The van der Waals surface area contributed by atoms with Crippen LogP contribution in [0.5, 0.6) is 0 Å². The molecule has 1 heterocycles. The van der Waals surface area contributed by atoms with Gasteiger partial charge >= 0.3 is 0 Å². The Kier molecular flexibility index (Phi) is 1.80. The maximum Gasteiger partial charge on any atom is 0.181 e. The zero-order valence-corrected chi connectivity index (χ0v) is 6.87. The Morgan fingerprint density at radius 3 is 3.25 bits per heavy atom. The van der Waals surface area contributed by atoms with Gasteiger partial charge in [0, 0.05) is 6.54 Å². The van der Waals surface area contributed by atoms with E-state index in [4.69, 9.17) is 4.42 Å². The smallest absolute Gasteiger partial charge is 0.181 e. The van der Waals surface area contributed by atoms with E-state index in [1.165, 1.54) is 12.0 Å². The summed E-state index contributed by atoms with van der Waals surface area (Å²) in [5.41, 5.74) is 2.98. The molecule has 0 aliphatic heterocycles. The lowest BCUT2D eigenvalue weighted by Crippen LogP contribution is -2.04. The molecule has 0 unspecified atom stereocenters. The van der Waals surface area contributed by atoms with E-state index < -0.39 is 0 Å². The lowest BCUT2D eigenvalue weighted by Gasteiger charge is -1.97. The second kappa shape index (κ2) is 2.95. The van der Waals surface area contributed by atoms with Crippen LogP contribution in [0.2, 0.25) is 0 Å². The molecule has 0 aliphatic carbocycles. The minimum Gasteiger partial charge on any atom is -0.443 e. The number of nitrogens with one attached hydrogen (secondary N) is 1. The maximum atomic E-state index is 5.12. The Morgan fingerprint density at radius 2 is 2.42 bits per heavy atom. The van der Waals surface area contributed by atoms with E-state index in [9.17, 15) is 0 Å². The molecular formula is C9H10N2O. The third kappa shape index (κ3) is 1.19. The van der Waals surface area contributed by atoms with Crippen molar-refractivity contribution in [1.29, 1.82) is 0 Å². The summed E-state index contributed by atoms with van der Waals surface area (Å²) in [4.78, 5) is 4.07. The number of fused-ring (bicyclic) bond motifs is 1. The highest BCUT2D eigenvalue weighted by Crippen LogP contribution is 2.13. The first-order valence-electron chi connectivity index (χ1n) is 3.87. The van der Waals surface area contributed by atoms with E-state index >= 15 is 0 Å². The van der Waals surface area contributed by atoms with Gasteiger partial charge in [0.25, 0.3) is 0 Å². The van der Waals surface area contributed by atoms with Crippen molar-refractivity contribution >= 4 is 11.1 Å². The number of benzene rings is 1. The minimum atomic E-state index is 0.842. The van der Waals surface area contributed by atoms with Crippen molar-refractivity contribution in [3.05, 3.63) is 30.2 Å². The third-order valence-corrected chi connectivity index (χ3v) is 1.78. The molecule has 0 radical (unpaired) electrons. The average molecular weight is 162 g/mol. The first kappa shape index (κ1) is 7.31. The summed E-state index contributed by atoms with van der Waals surface area (Å²) in [6, 6.07) is 5.99. The average Bonchev–Trinajstić information content (AvgIpc) is 2.51. The molecule has 2 aromatic rings. The van der Waals surface area contributed by atoms with Gasteiger partial charge in [-0.1, -0.05) is 6.07 Å². The van der Waals surface area contributed by atoms with E-state index in [0.717, 1.165) is 17.6 Å². The highest BCUT2D eigenvalue weighted by molar-refractivity contribution is 5.72. The van der Waals surface area contributed by atoms with Crippen LogP contribution in [0.3, 0.4) is 0 Å². The Balaban J connectivity index is 2.46. The lowest BCUT2D eigenvalue weighted by molar-refractivity contribution is 0.602. The van der Waals surface area contributed by atoms with Crippen molar-refractivity contribution in [2.45, 2.75) is 6.54 Å². The number of rotatable bonds is 2. The summed E-state index contributed by atoms with van der Waals surface area (Å²) in [6.07, 6.45) is 1.47. The van der Waals surface area contributed by atoms with Crippen molar-refractivity contribution in [3.8, 4) is 0 Å². The third-order valence-electron chi connectivity index (χ3n) is 1.78. The fourth-order valence-electron chi connectivity index (χ4n) is 1.22. The second-order valence-corrected chi connectivity index (χ2v) is 2.68. The molecule has 2 rings (SSSR count). The van der Waals surface area contributed by atoms with Crippen molar-refractivity contribution in [1.82, 2.24) is 10.3 Å². The van der Waals surface area contributed by atoms with Gasteiger partial charge in [-0.3, -0.25) is 0 Å². The van der Waals surface area contributed by atoms with Crippen LogP contribution in [-0.2, 0) is 6.54 Å². The summed E-state index contributed by atoms with van der Waals surface area (Å²) in [6.45, 7) is 0.864. The molecule has 0 bridgehead atoms. The van der Waals surface area contributed by atoms with Gasteiger partial charge in [-0.05, 0) is 24.7 Å². The minimum absolute atomic E-state index is 0.842. The van der Waals surface area contributed by atoms with Gasteiger partial charge in [0.15, 0.2) is 12.0 Å². The predicted octanol–water partition coefficient (Wildman–Crippen LogP) is 1.55. The molecule has 0 atom stereocenters. The number of hydrogen-bond acceptors (Lipinski definition) is 3. The molecule has 1 N–H and O–H groups in total. The topological polar surface area (TPSA) is 38.1 Å². The number of nitrogens with zero attached hydrogens (tertiary/aromatic N) is 1. The molecule has 0 aliphatic rings. The predicted molar refractivity (Wildman–Crippen MR) is 46.8 cm³/mol. The van der Waals surface area contributed by atoms with Gasteiger partial charge in [-0.2, -0.15) is 0 Å². The van der Waals surface area contributed by atoms with E-state index in [-0.39, 0.29) is 0 Å². The van der Waals surface area contributed by atoms with Crippen LogP contribution in [0.4, 0.5) is 0 Å². The molecule has 3 nitrogen and oxygen atoms in total. The SMILES string of the molecule is CNCc1ccc2ocnc2c1. The fourth-order valence-corrected chi connectivity index (χ4v) is 1.22. The molecule has 12 heavy (non-hydrogen) atoms. The first-order valence-corrected chi connectivity index (χ1v) is 3.87. The van der Waals surface area contributed by atoms with Gasteiger partial charge in [-0.25, -0.2) is 4.98 Å². The van der Waals surface area contributed by atoms with Gasteiger partial charge in [0.2, 0.25) is 0 Å². The molecule has 0 spiro atoms. The maximum absolute atomic E-state index is 5.12. The van der Waals surface area contributed by atoms with E-state index in [0.29, 0.717) is 0 Å². The summed E-state index contributed by atoms with van der Waals surface area (Å²) in [5, 5.41) is 3.08. The highest BCUT2D eigenvalue weighted by Gasteiger charge is 1.98. The van der Waals surface area contributed by atoms with Crippen molar-refractivity contribution < 1.29 is 4.42 Å². The Labute approximate surface area is 70.4 Å². The second-order valence-electron chi connectivity index (χ2n) is 2.68. The van der Waals surface area contributed by atoms with Gasteiger partial charge in [0.1, 0.15) is 5.52 Å². The monoisotopic (exact) mass is 162 g/mol. The van der Waals surface area contributed by atoms with Gasteiger partial charge in [-0.15, -0.1) is 0 Å². The van der Waals surface area contributed by atoms with Crippen LogP contribution >= 0.6 is 0 Å². The molecular weight excluding hydrogens is 152 g/mol. The molecule has 0 fully saturated rings. The van der Waals surface area contributed by atoms with Gasteiger partial charge < -0.3 is 9.73 Å². The number of hydrogen-bond donors (Lipinski definition) is 1. The molecule has 0 saturated heterocycles. The van der Waals surface area contributed by atoms with Crippen LogP contribution in [0.15, 0.2) is 29.0 Å². The largest absolute Gasteiger partial charge is 0.443 e. The summed E-state index contributed by atoms with van der Waals surface area (Å²) in [5.74, 6) is 0. The number of oxazole rings is 1. The quantitative estimate of drug-likeness (QED) is 0.728. The Hall–Kier alpha value is -1.35. The standard InChI is InChI=1S/C9H10N2O/c1-10-5-7-2-3-9-8(4-7)11-6-12-9/h2-4,6,10H,5H2,1H3. The Bertz CT molecular complexity index is 381. The molecule has 1 aromatic heterocycles. The first-order chi connectivity index (χ1) is 5.90. The van der Waals surface area contributed by atoms with Crippen LogP contribution in [-0.4, -0.2) is 12.0 Å². The van der Waals surface area contributed by atoms with E-state index in [1.54, 1.807) is 0 Å². The van der Waals surface area contributed by atoms with Crippen molar-refractivity contribution in [2.75, 3.05) is 7.05 Å². The molecule has 0 saturated carbocycles.